The minimum atomic E-state index is -0.477. The fraction of sp³-hybridized carbons (Fsp3) is 0.100. The highest BCUT2D eigenvalue weighted by Crippen LogP contribution is 2.27. The molecule has 0 radical (unpaired) electrons. The summed E-state index contributed by atoms with van der Waals surface area (Å²) < 4.78 is 1.59. The van der Waals surface area contributed by atoms with Crippen LogP contribution in [0.25, 0.3) is 10.9 Å². The number of fused-ring (bicyclic) bond motifs is 1. The maximum absolute atomic E-state index is 11.2. The molecular weight excluding hydrogens is 406 g/mol. The third-order valence-electron chi connectivity index (χ3n) is 4.27. The first kappa shape index (κ1) is 19.6. The Kier molecular flexibility index (Phi) is 5.73. The van der Waals surface area contributed by atoms with E-state index in [9.17, 15) is 4.79 Å². The zero-order valence-electron chi connectivity index (χ0n) is 15.7. The van der Waals surface area contributed by atoms with Crippen LogP contribution in [0.15, 0.2) is 60.9 Å². The van der Waals surface area contributed by atoms with Crippen LogP contribution >= 0.6 is 11.6 Å². The molecule has 30 heavy (non-hydrogen) atoms. The van der Waals surface area contributed by atoms with E-state index >= 15 is 0 Å². The van der Waals surface area contributed by atoms with Crippen molar-refractivity contribution in [2.75, 3.05) is 10.6 Å². The van der Waals surface area contributed by atoms with Crippen molar-refractivity contribution in [2.45, 2.75) is 13.0 Å². The molecule has 0 aliphatic carbocycles. The third kappa shape index (κ3) is 4.65. The average Bonchev–Trinajstić information content (AvgIpc) is 3.19. The molecule has 4 rings (SSSR count). The van der Waals surface area contributed by atoms with Gasteiger partial charge in [0.15, 0.2) is 0 Å². The van der Waals surface area contributed by atoms with Gasteiger partial charge in [-0.05, 0) is 30.3 Å². The molecule has 9 nitrogen and oxygen atoms in total. The second kappa shape index (κ2) is 8.76. The molecule has 10 heteroatoms. The lowest BCUT2D eigenvalue weighted by Crippen LogP contribution is -2.20. The average molecular weight is 424 g/mol. The maximum Gasteiger partial charge on any atom is 0.245 e. The predicted molar refractivity (Wildman–Crippen MR) is 114 cm³/mol. The zero-order valence-corrected chi connectivity index (χ0v) is 16.5. The van der Waals surface area contributed by atoms with Gasteiger partial charge in [0, 0.05) is 35.3 Å². The van der Waals surface area contributed by atoms with Gasteiger partial charge in [-0.1, -0.05) is 29.8 Å². The van der Waals surface area contributed by atoms with Crippen molar-refractivity contribution < 1.29 is 10.0 Å². The number of benzene rings is 2. The molecule has 2 aromatic heterocycles. The number of aryl methyl sites for hydroxylation is 1. The monoisotopic (exact) mass is 423 g/mol. The Bertz CT molecular complexity index is 1190. The Morgan fingerprint density at radius 1 is 1.07 bits per heavy atom. The predicted octanol–water partition coefficient (Wildman–Crippen LogP) is 3.86. The van der Waals surface area contributed by atoms with Crippen LogP contribution in [0.5, 0.6) is 0 Å². The molecule has 4 N–H and O–H groups in total. The van der Waals surface area contributed by atoms with Gasteiger partial charge in [-0.2, -0.15) is 10.1 Å². The molecule has 2 heterocycles. The lowest BCUT2D eigenvalue weighted by atomic mass is 10.2. The fourth-order valence-electron chi connectivity index (χ4n) is 2.88. The minimum absolute atomic E-state index is 0.109. The molecule has 0 bridgehead atoms. The SMILES string of the molecule is O=C(CCn1cc(Nc2nc(Nc3cccc(Cl)c3)c3ccccc3n2)cn1)NO. The summed E-state index contributed by atoms with van der Waals surface area (Å²) in [7, 11) is 0. The van der Waals surface area contributed by atoms with Crippen LogP contribution in [0.2, 0.25) is 5.02 Å². The summed E-state index contributed by atoms with van der Waals surface area (Å²) >= 11 is 6.09. The Hall–Kier alpha value is -3.69. The second-order valence-electron chi connectivity index (χ2n) is 6.45. The zero-order chi connectivity index (χ0) is 20.9. The Morgan fingerprint density at radius 2 is 1.93 bits per heavy atom. The number of para-hydroxylation sites is 1. The molecule has 0 atom stereocenters. The summed E-state index contributed by atoms with van der Waals surface area (Å²) in [6.07, 6.45) is 3.45. The van der Waals surface area contributed by atoms with Crippen molar-refractivity contribution in [3.05, 3.63) is 65.9 Å². The van der Waals surface area contributed by atoms with Crippen LogP contribution in [0.3, 0.4) is 0 Å². The van der Waals surface area contributed by atoms with E-state index in [4.69, 9.17) is 16.8 Å². The third-order valence-corrected chi connectivity index (χ3v) is 4.51. The summed E-state index contributed by atoms with van der Waals surface area (Å²) in [4.78, 5) is 20.3. The van der Waals surface area contributed by atoms with Crippen molar-refractivity contribution in [1.29, 1.82) is 0 Å². The first-order valence-corrected chi connectivity index (χ1v) is 9.50. The number of nitrogens with one attached hydrogen (secondary N) is 3. The molecule has 0 aliphatic rings. The molecule has 152 valence electrons. The minimum Gasteiger partial charge on any atom is -0.340 e. The summed E-state index contributed by atoms with van der Waals surface area (Å²) in [6.45, 7) is 0.328. The molecule has 0 saturated heterocycles. The van der Waals surface area contributed by atoms with E-state index in [2.05, 4.69) is 25.7 Å². The highest BCUT2D eigenvalue weighted by molar-refractivity contribution is 6.30. The van der Waals surface area contributed by atoms with Crippen molar-refractivity contribution in [3.8, 4) is 0 Å². The topological polar surface area (TPSA) is 117 Å². The van der Waals surface area contributed by atoms with Crippen LogP contribution in [-0.2, 0) is 11.3 Å². The number of nitrogens with zero attached hydrogens (tertiary/aromatic N) is 4. The van der Waals surface area contributed by atoms with Crippen LogP contribution < -0.4 is 16.1 Å². The van der Waals surface area contributed by atoms with E-state index < -0.39 is 5.91 Å². The molecule has 0 aliphatic heterocycles. The van der Waals surface area contributed by atoms with Gasteiger partial charge in [0.2, 0.25) is 11.9 Å². The molecule has 2 aromatic carbocycles. The van der Waals surface area contributed by atoms with Crippen molar-refractivity contribution in [1.82, 2.24) is 25.2 Å². The van der Waals surface area contributed by atoms with Gasteiger partial charge in [-0.25, -0.2) is 10.5 Å². The lowest BCUT2D eigenvalue weighted by Gasteiger charge is -2.11. The van der Waals surface area contributed by atoms with Gasteiger partial charge >= 0.3 is 0 Å². The van der Waals surface area contributed by atoms with E-state index in [0.29, 0.717) is 29.0 Å². The van der Waals surface area contributed by atoms with Crippen LogP contribution in [0.4, 0.5) is 23.1 Å². The van der Waals surface area contributed by atoms with Gasteiger partial charge in [0.1, 0.15) is 5.82 Å². The van der Waals surface area contributed by atoms with Crippen molar-refractivity contribution in [3.63, 3.8) is 0 Å². The van der Waals surface area contributed by atoms with Gasteiger partial charge in [-0.15, -0.1) is 0 Å². The molecule has 1 amide bonds. The Labute approximate surface area is 176 Å². The molecule has 4 aromatic rings. The van der Waals surface area contributed by atoms with E-state index in [-0.39, 0.29) is 6.42 Å². The number of hydrogen-bond acceptors (Lipinski definition) is 7. The second-order valence-corrected chi connectivity index (χ2v) is 6.89. The quantitative estimate of drug-likeness (QED) is 0.263. The number of aromatic nitrogens is 4. The highest BCUT2D eigenvalue weighted by atomic mass is 35.5. The molecule has 0 spiro atoms. The van der Waals surface area contributed by atoms with Gasteiger partial charge in [0.05, 0.1) is 17.4 Å². The van der Waals surface area contributed by atoms with Crippen LogP contribution in [0.1, 0.15) is 6.42 Å². The first-order chi connectivity index (χ1) is 14.6. The Balaban J connectivity index is 1.59. The number of carbonyl (C=O) groups is 1. The first-order valence-electron chi connectivity index (χ1n) is 9.12. The number of anilines is 4. The number of hydrogen-bond donors (Lipinski definition) is 4. The largest absolute Gasteiger partial charge is 0.340 e. The van der Waals surface area contributed by atoms with Crippen molar-refractivity contribution in [2.24, 2.45) is 0 Å². The smallest absolute Gasteiger partial charge is 0.245 e. The van der Waals surface area contributed by atoms with E-state index in [0.717, 1.165) is 16.6 Å². The van der Waals surface area contributed by atoms with E-state index in [1.165, 1.54) is 0 Å². The molecular formula is C20H18ClN7O2. The van der Waals surface area contributed by atoms with Gasteiger partial charge in [0.25, 0.3) is 0 Å². The number of rotatable bonds is 7. The van der Waals surface area contributed by atoms with Crippen molar-refractivity contribution >= 4 is 51.6 Å². The number of carbonyl (C=O) groups excluding carboxylic acids is 1. The number of hydroxylamine groups is 1. The lowest BCUT2D eigenvalue weighted by molar-refractivity contribution is -0.129. The van der Waals surface area contributed by atoms with Gasteiger partial charge in [-0.3, -0.25) is 14.7 Å². The number of amides is 1. The maximum atomic E-state index is 11.2. The summed E-state index contributed by atoms with van der Waals surface area (Å²) in [5, 5.41) is 20.7. The standard InChI is InChI=1S/C20H18ClN7O2/c21-13-4-3-5-14(10-13)23-19-16-6-1-2-7-17(16)25-20(26-19)24-15-11-22-28(12-15)9-8-18(29)27-30/h1-7,10-12,30H,8-9H2,(H,27,29)(H2,23,24,25,26). The molecule has 0 saturated carbocycles. The van der Waals surface area contributed by atoms with E-state index in [1.807, 2.05) is 42.5 Å². The summed E-state index contributed by atoms with van der Waals surface area (Å²) in [5.74, 6) is 0.554. The highest BCUT2D eigenvalue weighted by Gasteiger charge is 2.10. The normalized spacial score (nSPS) is 10.7. The van der Waals surface area contributed by atoms with E-state index in [1.54, 1.807) is 28.6 Å². The number of halogens is 1. The summed E-state index contributed by atoms with van der Waals surface area (Å²) in [6, 6.07) is 15.1. The van der Waals surface area contributed by atoms with Gasteiger partial charge < -0.3 is 10.6 Å². The Morgan fingerprint density at radius 3 is 2.77 bits per heavy atom. The van der Waals surface area contributed by atoms with Crippen LogP contribution in [0, 0.1) is 0 Å². The molecule has 0 unspecified atom stereocenters. The fourth-order valence-corrected chi connectivity index (χ4v) is 3.07. The summed E-state index contributed by atoms with van der Waals surface area (Å²) in [5.41, 5.74) is 3.85. The van der Waals surface area contributed by atoms with Crippen LogP contribution in [-0.4, -0.2) is 30.9 Å². The molecule has 0 fully saturated rings.